The Morgan fingerprint density at radius 3 is 3.05 bits per heavy atom. The SMILES string of the molecule is CN1CCOC(c2nc(-c3ccc(Br)cn3)no2)C1. The Kier molecular flexibility index (Phi) is 3.58. The van der Waals surface area contributed by atoms with E-state index in [2.05, 4.69) is 36.0 Å². The average molecular weight is 325 g/mol. The zero-order chi connectivity index (χ0) is 13.2. The van der Waals surface area contributed by atoms with Crippen molar-refractivity contribution >= 4 is 15.9 Å². The molecule has 0 saturated carbocycles. The van der Waals surface area contributed by atoms with Crippen molar-refractivity contribution in [2.75, 3.05) is 26.7 Å². The van der Waals surface area contributed by atoms with E-state index >= 15 is 0 Å². The molecule has 0 aliphatic carbocycles. The van der Waals surface area contributed by atoms with E-state index < -0.39 is 0 Å². The van der Waals surface area contributed by atoms with Crippen LogP contribution in [-0.4, -0.2) is 46.8 Å². The minimum Gasteiger partial charge on any atom is -0.366 e. The summed E-state index contributed by atoms with van der Waals surface area (Å²) in [5.74, 6) is 0.991. The normalized spacial score (nSPS) is 20.6. The smallest absolute Gasteiger partial charge is 0.257 e. The molecule has 1 saturated heterocycles. The van der Waals surface area contributed by atoms with Crippen LogP contribution in [0.4, 0.5) is 0 Å². The van der Waals surface area contributed by atoms with Crippen LogP contribution in [0, 0.1) is 0 Å². The maximum atomic E-state index is 5.64. The fraction of sp³-hybridized carbons (Fsp3) is 0.417. The van der Waals surface area contributed by atoms with Crippen molar-refractivity contribution in [3.63, 3.8) is 0 Å². The van der Waals surface area contributed by atoms with Gasteiger partial charge in [-0.1, -0.05) is 5.16 Å². The van der Waals surface area contributed by atoms with Gasteiger partial charge in [-0.25, -0.2) is 0 Å². The van der Waals surface area contributed by atoms with Crippen LogP contribution in [0.5, 0.6) is 0 Å². The van der Waals surface area contributed by atoms with E-state index in [4.69, 9.17) is 9.26 Å². The van der Waals surface area contributed by atoms with Gasteiger partial charge in [-0.15, -0.1) is 0 Å². The summed E-state index contributed by atoms with van der Waals surface area (Å²) in [5.41, 5.74) is 0.683. The van der Waals surface area contributed by atoms with Crippen molar-refractivity contribution in [3.05, 3.63) is 28.7 Å². The number of nitrogens with zero attached hydrogens (tertiary/aromatic N) is 4. The minimum atomic E-state index is -0.157. The number of pyridine rings is 1. The summed E-state index contributed by atoms with van der Waals surface area (Å²) in [6.07, 6.45) is 1.55. The van der Waals surface area contributed by atoms with E-state index in [1.165, 1.54) is 0 Å². The van der Waals surface area contributed by atoms with E-state index in [9.17, 15) is 0 Å². The van der Waals surface area contributed by atoms with Crippen molar-refractivity contribution in [1.82, 2.24) is 20.0 Å². The molecule has 0 spiro atoms. The second-order valence-corrected chi connectivity index (χ2v) is 5.36. The molecule has 0 bridgehead atoms. The van der Waals surface area contributed by atoms with Crippen molar-refractivity contribution in [1.29, 1.82) is 0 Å². The first-order valence-electron chi connectivity index (χ1n) is 5.98. The lowest BCUT2D eigenvalue weighted by Gasteiger charge is -2.27. The van der Waals surface area contributed by atoms with Gasteiger partial charge < -0.3 is 14.2 Å². The first-order chi connectivity index (χ1) is 9.22. The van der Waals surface area contributed by atoms with Gasteiger partial charge in [0.2, 0.25) is 5.82 Å². The van der Waals surface area contributed by atoms with Crippen molar-refractivity contribution in [3.8, 4) is 11.5 Å². The lowest BCUT2D eigenvalue weighted by molar-refractivity contribution is -0.0366. The molecule has 0 radical (unpaired) electrons. The Labute approximate surface area is 118 Å². The third kappa shape index (κ3) is 2.83. The van der Waals surface area contributed by atoms with Crippen LogP contribution < -0.4 is 0 Å². The minimum absolute atomic E-state index is 0.157. The van der Waals surface area contributed by atoms with Crippen LogP contribution in [-0.2, 0) is 4.74 Å². The van der Waals surface area contributed by atoms with Crippen LogP contribution in [0.1, 0.15) is 12.0 Å². The van der Waals surface area contributed by atoms with Crippen LogP contribution in [0.15, 0.2) is 27.3 Å². The van der Waals surface area contributed by atoms with Gasteiger partial charge in [0.05, 0.1) is 6.61 Å². The molecule has 1 atom stereocenters. The van der Waals surface area contributed by atoms with Gasteiger partial charge in [-0.2, -0.15) is 4.98 Å². The van der Waals surface area contributed by atoms with E-state index in [-0.39, 0.29) is 6.10 Å². The number of aromatic nitrogens is 3. The topological polar surface area (TPSA) is 64.3 Å². The Hall–Kier alpha value is -1.31. The Bertz CT molecular complexity index is 557. The highest BCUT2D eigenvalue weighted by atomic mass is 79.9. The Morgan fingerprint density at radius 1 is 1.42 bits per heavy atom. The first kappa shape index (κ1) is 12.7. The highest BCUT2D eigenvalue weighted by Gasteiger charge is 2.25. The highest BCUT2D eigenvalue weighted by Crippen LogP contribution is 2.23. The predicted molar refractivity (Wildman–Crippen MR) is 71.4 cm³/mol. The fourth-order valence-electron chi connectivity index (χ4n) is 1.91. The van der Waals surface area contributed by atoms with Crippen molar-refractivity contribution in [2.24, 2.45) is 0 Å². The highest BCUT2D eigenvalue weighted by molar-refractivity contribution is 9.10. The Balaban J connectivity index is 1.81. The predicted octanol–water partition coefficient (Wildman–Crippen LogP) is 1.90. The fourth-order valence-corrected chi connectivity index (χ4v) is 2.14. The summed E-state index contributed by atoms with van der Waals surface area (Å²) in [6.45, 7) is 2.36. The monoisotopic (exact) mass is 324 g/mol. The maximum absolute atomic E-state index is 5.64. The van der Waals surface area contributed by atoms with Gasteiger partial charge in [0, 0.05) is 23.8 Å². The zero-order valence-corrected chi connectivity index (χ0v) is 12.0. The number of hydrogen-bond donors (Lipinski definition) is 0. The number of morpholine rings is 1. The lowest BCUT2D eigenvalue weighted by atomic mass is 10.3. The van der Waals surface area contributed by atoms with Crippen molar-refractivity contribution in [2.45, 2.75) is 6.10 Å². The summed E-state index contributed by atoms with van der Waals surface area (Å²) in [4.78, 5) is 10.8. The molecule has 1 fully saturated rings. The third-order valence-electron chi connectivity index (χ3n) is 2.94. The number of likely N-dealkylation sites (N-methyl/N-ethyl adjacent to an activating group) is 1. The molecule has 2 aromatic rings. The molecule has 0 aromatic carbocycles. The summed E-state index contributed by atoms with van der Waals surface area (Å²) < 4.78 is 11.8. The summed E-state index contributed by atoms with van der Waals surface area (Å²) in [7, 11) is 2.04. The largest absolute Gasteiger partial charge is 0.366 e. The molecule has 0 N–H and O–H groups in total. The number of rotatable bonds is 2. The molecule has 7 heteroatoms. The summed E-state index contributed by atoms with van der Waals surface area (Å²) >= 11 is 3.34. The molecular formula is C12H13BrN4O2. The van der Waals surface area contributed by atoms with E-state index in [1.54, 1.807) is 6.20 Å². The number of hydrogen-bond acceptors (Lipinski definition) is 6. The Morgan fingerprint density at radius 2 is 2.32 bits per heavy atom. The molecule has 0 amide bonds. The van der Waals surface area contributed by atoms with Crippen LogP contribution in [0.3, 0.4) is 0 Å². The van der Waals surface area contributed by atoms with Crippen molar-refractivity contribution < 1.29 is 9.26 Å². The molecule has 2 aromatic heterocycles. The van der Waals surface area contributed by atoms with E-state index in [0.29, 0.717) is 24.0 Å². The number of halogens is 1. The molecule has 19 heavy (non-hydrogen) atoms. The standard InChI is InChI=1S/C12H13BrN4O2/c1-17-4-5-18-10(7-17)12-15-11(16-19-12)9-3-2-8(13)6-14-9/h2-3,6,10H,4-5,7H2,1H3. The summed E-state index contributed by atoms with van der Waals surface area (Å²) in [5, 5.41) is 3.95. The van der Waals surface area contributed by atoms with E-state index in [0.717, 1.165) is 17.6 Å². The molecule has 3 heterocycles. The maximum Gasteiger partial charge on any atom is 0.257 e. The quantitative estimate of drug-likeness (QED) is 0.840. The third-order valence-corrected chi connectivity index (χ3v) is 3.41. The molecule has 100 valence electrons. The first-order valence-corrected chi connectivity index (χ1v) is 6.77. The zero-order valence-electron chi connectivity index (χ0n) is 10.4. The van der Waals surface area contributed by atoms with E-state index in [1.807, 2.05) is 19.2 Å². The lowest BCUT2D eigenvalue weighted by Crippen LogP contribution is -2.35. The average Bonchev–Trinajstić information content (AvgIpc) is 2.89. The molecule has 1 aliphatic heterocycles. The molecular weight excluding hydrogens is 312 g/mol. The summed E-state index contributed by atoms with van der Waals surface area (Å²) in [6, 6.07) is 3.73. The van der Waals surface area contributed by atoms with Gasteiger partial charge in [0.25, 0.3) is 5.89 Å². The second kappa shape index (κ2) is 5.36. The molecule has 1 aliphatic rings. The van der Waals surface area contributed by atoms with Crippen LogP contribution in [0.2, 0.25) is 0 Å². The molecule has 3 rings (SSSR count). The van der Waals surface area contributed by atoms with Gasteiger partial charge in [-0.3, -0.25) is 4.98 Å². The molecule has 6 nitrogen and oxygen atoms in total. The van der Waals surface area contributed by atoms with Crippen LogP contribution in [0.25, 0.3) is 11.5 Å². The van der Waals surface area contributed by atoms with Gasteiger partial charge in [0.15, 0.2) is 0 Å². The number of ether oxygens (including phenoxy) is 1. The second-order valence-electron chi connectivity index (χ2n) is 4.44. The van der Waals surface area contributed by atoms with Gasteiger partial charge in [0.1, 0.15) is 11.8 Å². The van der Waals surface area contributed by atoms with Gasteiger partial charge >= 0.3 is 0 Å². The van der Waals surface area contributed by atoms with Crippen LogP contribution >= 0.6 is 15.9 Å². The van der Waals surface area contributed by atoms with Gasteiger partial charge in [-0.05, 0) is 35.1 Å². The molecule has 1 unspecified atom stereocenters.